The van der Waals surface area contributed by atoms with Crippen LogP contribution in [0.5, 0.6) is 0 Å². The van der Waals surface area contributed by atoms with Crippen LogP contribution < -0.4 is 23.5 Å². The summed E-state index contributed by atoms with van der Waals surface area (Å²) in [5, 5.41) is 3.19. The molecule has 1 aliphatic rings. The van der Waals surface area contributed by atoms with Gasteiger partial charge in [-0.05, 0) is 74.9 Å². The Morgan fingerprint density at radius 1 is 1.00 bits per heavy atom. The number of benzene rings is 1. The zero-order chi connectivity index (χ0) is 17.9. The molecule has 1 atom stereocenters. The van der Waals surface area contributed by atoms with Gasteiger partial charge in [-0.15, -0.1) is 0 Å². The Labute approximate surface area is 159 Å². The lowest BCUT2D eigenvalue weighted by Crippen LogP contribution is -3.00. The van der Waals surface area contributed by atoms with Gasteiger partial charge in [0.1, 0.15) is 0 Å². The third-order valence-corrected chi connectivity index (χ3v) is 5.55. The number of alkyl halides is 1. The van der Waals surface area contributed by atoms with E-state index in [2.05, 4.69) is 61.6 Å². The van der Waals surface area contributed by atoms with Crippen LogP contribution in [-0.4, -0.2) is 17.4 Å². The third kappa shape index (κ3) is 5.04. The van der Waals surface area contributed by atoms with E-state index in [0.29, 0.717) is 12.8 Å². The van der Waals surface area contributed by atoms with E-state index in [1.54, 1.807) is 6.92 Å². The Morgan fingerprint density at radius 2 is 1.42 bits per heavy atom. The topological polar surface area (TPSA) is 73.8 Å². The number of hydrogen-bond acceptors (Lipinski definition) is 2. The molecule has 1 aromatic carbocycles. The molecule has 1 saturated heterocycles. The Morgan fingerprint density at radius 3 is 1.75 bits per heavy atom. The molecular weight excluding hydrogens is 392 g/mol. The number of carbonyl (C=O) groups excluding carboxylic acids is 2. The van der Waals surface area contributed by atoms with Crippen LogP contribution in [-0.2, 0) is 14.9 Å². The standard InChI is InChI=1S/C12H17Br.C6H10N2O2.ClH/c1-7-8(2)10(4)12(6-13)11(5)9(7)3;1-6(7)3-2-4(9)8-5(6)10;/h6H2,1-5H3;2-3,7H2,1H3,(H,8,9,10);1H. The Balaban J connectivity index is 0.000000436. The summed E-state index contributed by atoms with van der Waals surface area (Å²) < 4.78 is 0. The van der Waals surface area contributed by atoms with E-state index in [1.165, 1.54) is 33.4 Å². The summed E-state index contributed by atoms with van der Waals surface area (Å²) in [6.07, 6.45) is 0.962. The van der Waals surface area contributed by atoms with Crippen LogP contribution in [0.3, 0.4) is 0 Å². The van der Waals surface area contributed by atoms with E-state index in [-0.39, 0.29) is 24.2 Å². The highest BCUT2D eigenvalue weighted by Gasteiger charge is 2.38. The minimum absolute atomic E-state index is 0. The van der Waals surface area contributed by atoms with Gasteiger partial charge in [-0.25, -0.2) is 0 Å². The van der Waals surface area contributed by atoms with Crippen molar-refractivity contribution < 1.29 is 27.7 Å². The number of carbonyl (C=O) groups is 2. The number of halogens is 2. The molecule has 0 aliphatic carbocycles. The van der Waals surface area contributed by atoms with E-state index >= 15 is 0 Å². The molecule has 0 radical (unpaired) electrons. The molecule has 1 aromatic rings. The number of imide groups is 1. The highest BCUT2D eigenvalue weighted by Crippen LogP contribution is 2.27. The Bertz CT molecular complexity index is 613. The first-order chi connectivity index (χ1) is 10.5. The van der Waals surface area contributed by atoms with Gasteiger partial charge in [-0.3, -0.25) is 14.9 Å². The summed E-state index contributed by atoms with van der Waals surface area (Å²) in [6.45, 7) is 12.8. The van der Waals surface area contributed by atoms with E-state index in [4.69, 9.17) is 0 Å². The van der Waals surface area contributed by atoms with Crippen molar-refractivity contribution in [2.45, 2.75) is 65.3 Å². The molecule has 2 amide bonds. The van der Waals surface area contributed by atoms with Crippen LogP contribution in [0, 0.1) is 34.6 Å². The quantitative estimate of drug-likeness (QED) is 0.478. The number of quaternary nitrogens is 1. The molecule has 1 fully saturated rings. The fraction of sp³-hybridized carbons (Fsp3) is 0.556. The summed E-state index contributed by atoms with van der Waals surface area (Å²) in [6, 6.07) is 0. The first kappa shape index (κ1) is 23.1. The molecule has 0 aromatic heterocycles. The van der Waals surface area contributed by atoms with Gasteiger partial charge < -0.3 is 18.1 Å². The van der Waals surface area contributed by atoms with Crippen molar-refractivity contribution in [3.8, 4) is 0 Å². The Hall–Kier alpha value is -0.910. The normalized spacial score (nSPS) is 19.8. The van der Waals surface area contributed by atoms with Crippen molar-refractivity contribution in [3.05, 3.63) is 33.4 Å². The summed E-state index contributed by atoms with van der Waals surface area (Å²) >= 11 is 3.55. The highest BCUT2D eigenvalue weighted by molar-refractivity contribution is 9.08. The van der Waals surface area contributed by atoms with E-state index < -0.39 is 5.54 Å². The number of piperidine rings is 1. The second-order valence-corrected chi connectivity index (χ2v) is 7.24. The SMILES string of the molecule is CC1([NH3+])CCC(=O)NC1=O.Cc1c(C)c(C)c(CBr)c(C)c1C.[Cl-]. The fourth-order valence-corrected chi connectivity index (χ4v) is 3.46. The van der Waals surface area contributed by atoms with Crippen LogP contribution in [0.4, 0.5) is 0 Å². The number of amides is 2. The minimum Gasteiger partial charge on any atom is -1.00 e. The molecule has 4 nitrogen and oxygen atoms in total. The molecular formula is C18H28BrClN2O2. The van der Waals surface area contributed by atoms with Gasteiger partial charge in [0.05, 0.1) is 0 Å². The number of nitrogens with one attached hydrogen (secondary N) is 1. The van der Waals surface area contributed by atoms with Crippen LogP contribution in [0.1, 0.15) is 53.1 Å². The molecule has 136 valence electrons. The van der Waals surface area contributed by atoms with Gasteiger partial charge in [0, 0.05) is 18.2 Å². The first-order valence-corrected chi connectivity index (χ1v) is 8.96. The number of hydrogen-bond donors (Lipinski definition) is 2. The molecule has 0 spiro atoms. The van der Waals surface area contributed by atoms with Crippen molar-refractivity contribution in [2.24, 2.45) is 0 Å². The second kappa shape index (κ2) is 8.97. The molecule has 0 saturated carbocycles. The molecule has 6 heteroatoms. The van der Waals surface area contributed by atoms with Crippen LogP contribution >= 0.6 is 15.9 Å². The summed E-state index contributed by atoms with van der Waals surface area (Å²) in [4.78, 5) is 21.5. The lowest BCUT2D eigenvalue weighted by atomic mass is 9.90. The predicted molar refractivity (Wildman–Crippen MR) is 96.4 cm³/mol. The lowest BCUT2D eigenvalue weighted by Gasteiger charge is -2.23. The third-order valence-electron chi connectivity index (χ3n) is 4.99. The van der Waals surface area contributed by atoms with E-state index in [9.17, 15) is 9.59 Å². The predicted octanol–water partition coefficient (Wildman–Crippen LogP) is -0.449. The summed E-state index contributed by atoms with van der Waals surface area (Å²) in [5.74, 6) is -0.449. The van der Waals surface area contributed by atoms with Gasteiger partial charge >= 0.3 is 0 Å². The summed E-state index contributed by atoms with van der Waals surface area (Å²) in [5.41, 5.74) is 11.7. The maximum Gasteiger partial charge on any atom is 0.287 e. The van der Waals surface area contributed by atoms with Crippen molar-refractivity contribution in [3.63, 3.8) is 0 Å². The van der Waals surface area contributed by atoms with Crippen molar-refractivity contribution in [1.29, 1.82) is 0 Å². The average Bonchev–Trinajstić information content (AvgIpc) is 2.49. The van der Waals surface area contributed by atoms with E-state index in [0.717, 1.165) is 5.33 Å². The maximum absolute atomic E-state index is 10.9. The van der Waals surface area contributed by atoms with Crippen molar-refractivity contribution >= 4 is 27.7 Å². The smallest absolute Gasteiger partial charge is 0.287 e. The molecule has 2 rings (SSSR count). The van der Waals surface area contributed by atoms with Gasteiger partial charge in [0.25, 0.3) is 5.91 Å². The second-order valence-electron chi connectivity index (χ2n) is 6.68. The molecule has 24 heavy (non-hydrogen) atoms. The minimum atomic E-state index is -0.603. The van der Waals surface area contributed by atoms with Gasteiger partial charge in [-0.1, -0.05) is 15.9 Å². The van der Waals surface area contributed by atoms with E-state index in [1.807, 2.05) is 0 Å². The molecule has 1 aliphatic heterocycles. The van der Waals surface area contributed by atoms with Crippen LogP contribution in [0.2, 0.25) is 0 Å². The zero-order valence-electron chi connectivity index (χ0n) is 15.4. The Kier molecular flexibility index (Phi) is 8.63. The fourth-order valence-electron chi connectivity index (χ4n) is 2.62. The molecule has 4 N–H and O–H groups in total. The lowest BCUT2D eigenvalue weighted by molar-refractivity contribution is -0.454. The first-order valence-electron chi connectivity index (χ1n) is 7.84. The van der Waals surface area contributed by atoms with Gasteiger partial charge in [-0.2, -0.15) is 0 Å². The van der Waals surface area contributed by atoms with Crippen molar-refractivity contribution in [1.82, 2.24) is 5.32 Å². The average molecular weight is 420 g/mol. The maximum atomic E-state index is 10.9. The number of rotatable bonds is 1. The highest BCUT2D eigenvalue weighted by atomic mass is 79.9. The molecule has 1 heterocycles. The van der Waals surface area contributed by atoms with Gasteiger partial charge in [0.15, 0.2) is 5.54 Å². The van der Waals surface area contributed by atoms with Crippen molar-refractivity contribution in [2.75, 3.05) is 0 Å². The van der Waals surface area contributed by atoms with Gasteiger partial charge in [0.2, 0.25) is 5.91 Å². The largest absolute Gasteiger partial charge is 1.00 e. The zero-order valence-corrected chi connectivity index (χ0v) is 17.7. The monoisotopic (exact) mass is 418 g/mol. The summed E-state index contributed by atoms with van der Waals surface area (Å²) in [7, 11) is 0. The van der Waals surface area contributed by atoms with Crippen LogP contribution in [0.15, 0.2) is 0 Å². The molecule has 0 bridgehead atoms. The van der Waals surface area contributed by atoms with Crippen LogP contribution in [0.25, 0.3) is 0 Å². The molecule has 1 unspecified atom stereocenters.